The number of halogens is 1. The molecule has 1 saturated carbocycles. The highest BCUT2D eigenvalue weighted by Gasteiger charge is 2.50. The molecule has 0 saturated heterocycles. The largest absolute Gasteiger partial charge is 0.496 e. The standard InChI is InChI=1S/C14H17ClO5/c1-18-8-7-9(19-2)12(20-3)11(15)10(8)14(13(16)17)5-4-6-14/h7H,4-6H2,1-3H3,(H,16,17). The first-order chi connectivity index (χ1) is 9.51. The van der Waals surface area contributed by atoms with Crippen molar-refractivity contribution in [3.63, 3.8) is 0 Å². The normalized spacial score (nSPS) is 16.2. The third-order valence-electron chi connectivity index (χ3n) is 3.89. The molecule has 2 rings (SSSR count). The molecule has 0 aromatic heterocycles. The predicted octanol–water partition coefficient (Wildman–Crippen LogP) is 2.87. The molecule has 1 aromatic rings. The van der Waals surface area contributed by atoms with E-state index in [2.05, 4.69) is 0 Å². The zero-order valence-electron chi connectivity index (χ0n) is 11.7. The fourth-order valence-electron chi connectivity index (χ4n) is 2.64. The predicted molar refractivity (Wildman–Crippen MR) is 74.3 cm³/mol. The maximum atomic E-state index is 11.7. The van der Waals surface area contributed by atoms with Crippen LogP contribution in [0.3, 0.4) is 0 Å². The number of ether oxygens (including phenoxy) is 3. The summed E-state index contributed by atoms with van der Waals surface area (Å²) in [6, 6.07) is 1.61. The van der Waals surface area contributed by atoms with Gasteiger partial charge >= 0.3 is 5.97 Å². The van der Waals surface area contributed by atoms with Crippen LogP contribution in [0.25, 0.3) is 0 Å². The van der Waals surface area contributed by atoms with Gasteiger partial charge in [-0.1, -0.05) is 18.0 Å². The van der Waals surface area contributed by atoms with Crippen molar-refractivity contribution in [3.05, 3.63) is 16.7 Å². The topological polar surface area (TPSA) is 65.0 Å². The van der Waals surface area contributed by atoms with E-state index in [1.165, 1.54) is 21.3 Å². The molecular weight excluding hydrogens is 284 g/mol. The minimum atomic E-state index is -0.998. The van der Waals surface area contributed by atoms with Crippen LogP contribution in [-0.4, -0.2) is 32.4 Å². The Morgan fingerprint density at radius 3 is 2.15 bits per heavy atom. The van der Waals surface area contributed by atoms with Gasteiger partial charge in [0.05, 0.1) is 31.8 Å². The summed E-state index contributed by atoms with van der Waals surface area (Å²) in [4.78, 5) is 11.7. The second-order valence-corrected chi connectivity index (χ2v) is 5.12. The third-order valence-corrected chi connectivity index (χ3v) is 4.25. The molecule has 1 aromatic carbocycles. The number of carboxylic acids is 1. The molecule has 20 heavy (non-hydrogen) atoms. The monoisotopic (exact) mass is 300 g/mol. The van der Waals surface area contributed by atoms with Gasteiger partial charge in [0.1, 0.15) is 5.75 Å². The highest BCUT2D eigenvalue weighted by atomic mass is 35.5. The Kier molecular flexibility index (Phi) is 3.99. The molecule has 1 N–H and O–H groups in total. The van der Waals surface area contributed by atoms with Crippen LogP contribution in [-0.2, 0) is 10.2 Å². The lowest BCUT2D eigenvalue weighted by molar-refractivity contribution is -0.147. The van der Waals surface area contributed by atoms with Gasteiger partial charge in [0.2, 0.25) is 0 Å². The van der Waals surface area contributed by atoms with Crippen molar-refractivity contribution in [3.8, 4) is 17.2 Å². The lowest BCUT2D eigenvalue weighted by Gasteiger charge is -2.39. The molecule has 0 bridgehead atoms. The van der Waals surface area contributed by atoms with Gasteiger partial charge in [-0.15, -0.1) is 0 Å². The van der Waals surface area contributed by atoms with Crippen LogP contribution in [0.4, 0.5) is 0 Å². The number of carbonyl (C=O) groups is 1. The van der Waals surface area contributed by atoms with Gasteiger partial charge in [0, 0.05) is 11.6 Å². The van der Waals surface area contributed by atoms with Crippen molar-refractivity contribution in [2.24, 2.45) is 0 Å². The van der Waals surface area contributed by atoms with Crippen LogP contribution in [0.15, 0.2) is 6.07 Å². The summed E-state index contributed by atoms with van der Waals surface area (Å²) in [5.41, 5.74) is -0.528. The molecule has 6 heteroatoms. The third kappa shape index (κ3) is 1.97. The SMILES string of the molecule is COc1cc(OC)c(C2(C(=O)O)CCC2)c(Cl)c1OC. The second kappa shape index (κ2) is 5.40. The fourth-order valence-corrected chi connectivity index (χ4v) is 3.08. The zero-order valence-corrected chi connectivity index (χ0v) is 12.4. The lowest BCUT2D eigenvalue weighted by Crippen LogP contribution is -2.42. The van der Waals surface area contributed by atoms with Gasteiger partial charge in [-0.2, -0.15) is 0 Å². The number of hydrogen-bond donors (Lipinski definition) is 1. The van der Waals surface area contributed by atoms with Crippen molar-refractivity contribution in [2.45, 2.75) is 24.7 Å². The van der Waals surface area contributed by atoms with Gasteiger partial charge in [0.15, 0.2) is 11.5 Å². The number of carboxylic acid groups (broad SMARTS) is 1. The highest BCUT2D eigenvalue weighted by Crippen LogP contribution is 2.54. The number of hydrogen-bond acceptors (Lipinski definition) is 4. The van der Waals surface area contributed by atoms with Crippen LogP contribution in [0.2, 0.25) is 5.02 Å². The number of rotatable bonds is 5. The Hall–Kier alpha value is -1.62. The van der Waals surface area contributed by atoms with Crippen LogP contribution in [0.1, 0.15) is 24.8 Å². The Balaban J connectivity index is 2.71. The summed E-state index contributed by atoms with van der Waals surface area (Å²) in [5, 5.41) is 9.83. The van der Waals surface area contributed by atoms with Crippen LogP contribution in [0, 0.1) is 0 Å². The van der Waals surface area contributed by atoms with Gasteiger partial charge in [0.25, 0.3) is 0 Å². The van der Waals surface area contributed by atoms with Gasteiger partial charge < -0.3 is 19.3 Å². The van der Waals surface area contributed by atoms with Gasteiger partial charge in [-0.05, 0) is 12.8 Å². The molecule has 0 unspecified atom stereocenters. The van der Waals surface area contributed by atoms with Gasteiger partial charge in [-0.3, -0.25) is 4.79 Å². The molecule has 110 valence electrons. The number of benzene rings is 1. The average molecular weight is 301 g/mol. The van der Waals surface area contributed by atoms with Crippen molar-refractivity contribution in [1.82, 2.24) is 0 Å². The second-order valence-electron chi connectivity index (χ2n) is 4.74. The molecule has 0 atom stereocenters. The van der Waals surface area contributed by atoms with E-state index in [1.807, 2.05) is 0 Å². The summed E-state index contributed by atoms with van der Waals surface area (Å²) < 4.78 is 15.8. The summed E-state index contributed by atoms with van der Waals surface area (Å²) >= 11 is 6.37. The first kappa shape index (κ1) is 14.8. The first-order valence-corrected chi connectivity index (χ1v) is 6.62. The van der Waals surface area contributed by atoms with Crippen molar-refractivity contribution >= 4 is 17.6 Å². The summed E-state index contributed by atoms with van der Waals surface area (Å²) in [6.45, 7) is 0. The van der Waals surface area contributed by atoms with E-state index in [-0.39, 0.29) is 5.02 Å². The minimum Gasteiger partial charge on any atom is -0.496 e. The molecule has 0 aliphatic heterocycles. The first-order valence-electron chi connectivity index (χ1n) is 6.24. The van der Waals surface area contributed by atoms with E-state index >= 15 is 0 Å². The number of methoxy groups -OCH3 is 3. The van der Waals surface area contributed by atoms with E-state index in [9.17, 15) is 9.90 Å². The molecule has 0 heterocycles. The summed E-state index contributed by atoms with van der Waals surface area (Å²) in [6.07, 6.45) is 1.92. The molecular formula is C14H17ClO5. The van der Waals surface area contributed by atoms with Crippen LogP contribution >= 0.6 is 11.6 Å². The van der Waals surface area contributed by atoms with E-state index < -0.39 is 11.4 Å². The minimum absolute atomic E-state index is 0.241. The maximum Gasteiger partial charge on any atom is 0.314 e. The quantitative estimate of drug-likeness (QED) is 0.906. The Morgan fingerprint density at radius 2 is 1.80 bits per heavy atom. The summed E-state index contributed by atoms with van der Waals surface area (Å²) in [7, 11) is 4.44. The van der Waals surface area contributed by atoms with E-state index in [0.29, 0.717) is 35.7 Å². The molecule has 0 amide bonds. The zero-order chi connectivity index (χ0) is 14.9. The van der Waals surface area contributed by atoms with Crippen molar-refractivity contribution < 1.29 is 24.1 Å². The van der Waals surface area contributed by atoms with E-state index in [0.717, 1.165) is 6.42 Å². The van der Waals surface area contributed by atoms with Crippen LogP contribution in [0.5, 0.6) is 17.2 Å². The average Bonchev–Trinajstić information content (AvgIpc) is 2.38. The molecule has 1 aliphatic rings. The molecule has 1 aliphatic carbocycles. The Bertz CT molecular complexity index is 537. The Labute approximate surface area is 122 Å². The summed E-state index contributed by atoms with van der Waals surface area (Å²) in [5.74, 6) is 0.265. The van der Waals surface area contributed by atoms with Crippen molar-refractivity contribution in [2.75, 3.05) is 21.3 Å². The fraction of sp³-hybridized carbons (Fsp3) is 0.500. The smallest absolute Gasteiger partial charge is 0.314 e. The lowest BCUT2D eigenvalue weighted by atomic mass is 9.64. The molecule has 5 nitrogen and oxygen atoms in total. The van der Waals surface area contributed by atoms with E-state index in [1.54, 1.807) is 6.07 Å². The Morgan fingerprint density at radius 1 is 1.20 bits per heavy atom. The molecule has 0 radical (unpaired) electrons. The van der Waals surface area contributed by atoms with Crippen LogP contribution < -0.4 is 14.2 Å². The molecule has 1 fully saturated rings. The highest BCUT2D eigenvalue weighted by molar-refractivity contribution is 6.33. The molecule has 0 spiro atoms. The van der Waals surface area contributed by atoms with Crippen molar-refractivity contribution in [1.29, 1.82) is 0 Å². The number of aliphatic carboxylic acids is 1. The van der Waals surface area contributed by atoms with Gasteiger partial charge in [-0.25, -0.2) is 0 Å². The van der Waals surface area contributed by atoms with E-state index in [4.69, 9.17) is 25.8 Å². The maximum absolute atomic E-state index is 11.7.